The maximum absolute atomic E-state index is 6.56. The Bertz CT molecular complexity index is 1010. The van der Waals surface area contributed by atoms with Gasteiger partial charge in [0, 0.05) is 29.3 Å². The van der Waals surface area contributed by atoms with Crippen molar-refractivity contribution < 1.29 is 9.47 Å². The van der Waals surface area contributed by atoms with Crippen LogP contribution in [0, 0.1) is 0 Å². The van der Waals surface area contributed by atoms with Gasteiger partial charge in [0.2, 0.25) is 5.95 Å². The SMILES string of the molecule is COc1cc(OC)c(Cl)c(-c2ccc3nc(NC4CCCCC4)ncc3c2)c1Cl. The van der Waals surface area contributed by atoms with Crippen LogP contribution in [0.2, 0.25) is 10.0 Å². The average Bonchev–Trinajstić information content (AvgIpc) is 2.75. The first-order valence-electron chi connectivity index (χ1n) is 9.74. The molecule has 0 amide bonds. The number of nitrogens with zero attached hydrogens (tertiary/aromatic N) is 2. The van der Waals surface area contributed by atoms with E-state index < -0.39 is 0 Å². The number of ether oxygens (including phenoxy) is 2. The van der Waals surface area contributed by atoms with Crippen LogP contribution in [0.15, 0.2) is 30.5 Å². The second-order valence-electron chi connectivity index (χ2n) is 7.23. The Morgan fingerprint density at radius 2 is 1.66 bits per heavy atom. The molecule has 2 aromatic carbocycles. The zero-order chi connectivity index (χ0) is 20.4. The molecule has 0 aliphatic heterocycles. The maximum Gasteiger partial charge on any atom is 0.223 e. The van der Waals surface area contributed by atoms with Crippen molar-refractivity contribution >= 4 is 40.1 Å². The average molecular weight is 432 g/mol. The molecule has 5 nitrogen and oxygen atoms in total. The summed E-state index contributed by atoms with van der Waals surface area (Å²) in [6.45, 7) is 0. The molecule has 1 aromatic heterocycles. The highest BCUT2D eigenvalue weighted by Gasteiger charge is 2.19. The van der Waals surface area contributed by atoms with Crippen LogP contribution in [0.25, 0.3) is 22.0 Å². The van der Waals surface area contributed by atoms with Crippen LogP contribution in [-0.2, 0) is 0 Å². The van der Waals surface area contributed by atoms with Crippen molar-refractivity contribution in [2.75, 3.05) is 19.5 Å². The van der Waals surface area contributed by atoms with E-state index in [9.17, 15) is 0 Å². The van der Waals surface area contributed by atoms with Crippen LogP contribution in [0.4, 0.5) is 5.95 Å². The lowest BCUT2D eigenvalue weighted by atomic mass is 9.96. The lowest BCUT2D eigenvalue weighted by molar-refractivity contribution is 0.395. The summed E-state index contributed by atoms with van der Waals surface area (Å²) in [5, 5.41) is 5.26. The molecule has 0 atom stereocenters. The summed E-state index contributed by atoms with van der Waals surface area (Å²) in [5.74, 6) is 1.69. The minimum Gasteiger partial charge on any atom is -0.495 e. The smallest absolute Gasteiger partial charge is 0.223 e. The predicted octanol–water partition coefficient (Wildman–Crippen LogP) is 6.37. The minimum absolute atomic E-state index is 0.439. The van der Waals surface area contributed by atoms with Crippen LogP contribution in [0.5, 0.6) is 11.5 Å². The lowest BCUT2D eigenvalue weighted by Gasteiger charge is -2.22. The van der Waals surface area contributed by atoms with Gasteiger partial charge in [0.1, 0.15) is 11.5 Å². The fourth-order valence-electron chi connectivity index (χ4n) is 3.83. The van der Waals surface area contributed by atoms with Crippen molar-refractivity contribution in [3.63, 3.8) is 0 Å². The Labute approximate surface area is 180 Å². The van der Waals surface area contributed by atoms with Crippen molar-refractivity contribution in [1.82, 2.24) is 9.97 Å². The van der Waals surface area contributed by atoms with Gasteiger partial charge in [0.05, 0.1) is 29.8 Å². The normalized spacial score (nSPS) is 14.8. The summed E-state index contributed by atoms with van der Waals surface area (Å²) in [6, 6.07) is 8.03. The quantitative estimate of drug-likeness (QED) is 0.508. The molecule has 152 valence electrons. The molecule has 29 heavy (non-hydrogen) atoms. The lowest BCUT2D eigenvalue weighted by Crippen LogP contribution is -2.23. The third-order valence-electron chi connectivity index (χ3n) is 5.38. The standard InChI is InChI=1S/C22H23Cl2N3O2/c1-28-17-11-18(29-2)21(24)19(20(17)23)13-8-9-16-14(10-13)12-25-22(27-16)26-15-6-4-3-5-7-15/h8-12,15H,3-7H2,1-2H3,(H,25,26,27). The van der Waals surface area contributed by atoms with Gasteiger partial charge in [-0.1, -0.05) is 48.5 Å². The van der Waals surface area contributed by atoms with Crippen molar-refractivity contribution in [1.29, 1.82) is 0 Å². The van der Waals surface area contributed by atoms with Gasteiger partial charge in [-0.15, -0.1) is 0 Å². The van der Waals surface area contributed by atoms with E-state index in [0.29, 0.717) is 39.1 Å². The molecule has 1 N–H and O–H groups in total. The number of methoxy groups -OCH3 is 2. The van der Waals surface area contributed by atoms with Gasteiger partial charge in [-0.3, -0.25) is 0 Å². The molecule has 1 fully saturated rings. The molecule has 0 spiro atoms. The second kappa shape index (κ2) is 8.64. The zero-order valence-electron chi connectivity index (χ0n) is 16.5. The summed E-state index contributed by atoms with van der Waals surface area (Å²) in [4.78, 5) is 9.19. The molecular weight excluding hydrogens is 409 g/mol. The number of fused-ring (bicyclic) bond motifs is 1. The van der Waals surface area contributed by atoms with Crippen molar-refractivity contribution in [3.8, 4) is 22.6 Å². The maximum atomic E-state index is 6.56. The first-order chi connectivity index (χ1) is 14.1. The number of hydrogen-bond acceptors (Lipinski definition) is 5. The van der Waals surface area contributed by atoms with E-state index >= 15 is 0 Å². The molecule has 1 aliphatic rings. The van der Waals surface area contributed by atoms with Crippen LogP contribution < -0.4 is 14.8 Å². The molecule has 3 aromatic rings. The molecule has 0 unspecified atom stereocenters. The van der Waals surface area contributed by atoms with E-state index in [1.165, 1.54) is 32.1 Å². The number of hydrogen-bond donors (Lipinski definition) is 1. The summed E-state index contributed by atoms with van der Waals surface area (Å²) < 4.78 is 10.8. The largest absolute Gasteiger partial charge is 0.495 e. The van der Waals surface area contributed by atoms with Crippen molar-refractivity contribution in [2.45, 2.75) is 38.1 Å². The van der Waals surface area contributed by atoms with Gasteiger partial charge < -0.3 is 14.8 Å². The Balaban J connectivity index is 1.70. The van der Waals surface area contributed by atoms with E-state index in [2.05, 4.69) is 15.3 Å². The van der Waals surface area contributed by atoms with Gasteiger partial charge in [-0.2, -0.15) is 0 Å². The fourth-order valence-corrected chi connectivity index (χ4v) is 4.55. The number of aromatic nitrogens is 2. The van der Waals surface area contributed by atoms with Gasteiger partial charge >= 0.3 is 0 Å². The van der Waals surface area contributed by atoms with E-state index in [0.717, 1.165) is 16.5 Å². The first-order valence-corrected chi connectivity index (χ1v) is 10.5. The Hall–Kier alpha value is -2.24. The Morgan fingerprint density at radius 1 is 0.966 bits per heavy atom. The van der Waals surface area contributed by atoms with E-state index in [1.807, 2.05) is 24.4 Å². The third kappa shape index (κ3) is 4.07. The minimum atomic E-state index is 0.439. The third-order valence-corrected chi connectivity index (χ3v) is 6.13. The molecule has 0 bridgehead atoms. The van der Waals surface area contributed by atoms with Crippen molar-refractivity contribution in [3.05, 3.63) is 40.5 Å². The number of nitrogens with one attached hydrogen (secondary N) is 1. The number of anilines is 1. The molecule has 1 saturated carbocycles. The highest BCUT2D eigenvalue weighted by molar-refractivity contribution is 6.41. The highest BCUT2D eigenvalue weighted by Crippen LogP contribution is 2.46. The molecular formula is C22H23Cl2N3O2. The Morgan fingerprint density at radius 3 is 2.31 bits per heavy atom. The summed E-state index contributed by atoms with van der Waals surface area (Å²) in [7, 11) is 3.13. The number of halogens is 2. The second-order valence-corrected chi connectivity index (χ2v) is 7.99. The van der Waals surface area contributed by atoms with Gasteiger partial charge in [-0.25, -0.2) is 9.97 Å². The van der Waals surface area contributed by atoms with E-state index in [1.54, 1.807) is 20.3 Å². The van der Waals surface area contributed by atoms with Crippen LogP contribution in [0.1, 0.15) is 32.1 Å². The topological polar surface area (TPSA) is 56.3 Å². The van der Waals surface area contributed by atoms with Gasteiger partial charge in [-0.05, 0) is 30.5 Å². The van der Waals surface area contributed by atoms with E-state index in [-0.39, 0.29) is 0 Å². The number of benzene rings is 2. The zero-order valence-corrected chi connectivity index (χ0v) is 18.0. The highest BCUT2D eigenvalue weighted by atomic mass is 35.5. The summed E-state index contributed by atoms with van der Waals surface area (Å²) >= 11 is 13.1. The molecule has 0 saturated heterocycles. The van der Waals surface area contributed by atoms with Crippen molar-refractivity contribution in [2.24, 2.45) is 0 Å². The predicted molar refractivity (Wildman–Crippen MR) is 119 cm³/mol. The molecule has 7 heteroatoms. The molecule has 0 radical (unpaired) electrons. The van der Waals surface area contributed by atoms with Crippen LogP contribution in [-0.4, -0.2) is 30.2 Å². The van der Waals surface area contributed by atoms with Gasteiger partial charge in [0.25, 0.3) is 0 Å². The Kier molecular flexibility index (Phi) is 5.97. The number of rotatable bonds is 5. The van der Waals surface area contributed by atoms with E-state index in [4.69, 9.17) is 32.7 Å². The van der Waals surface area contributed by atoms with Crippen LogP contribution >= 0.6 is 23.2 Å². The summed E-state index contributed by atoms with van der Waals surface area (Å²) in [5.41, 5.74) is 2.38. The van der Waals surface area contributed by atoms with Gasteiger partial charge in [0.15, 0.2) is 0 Å². The first kappa shape index (κ1) is 20.0. The molecule has 1 aliphatic carbocycles. The monoisotopic (exact) mass is 431 g/mol. The summed E-state index contributed by atoms with van der Waals surface area (Å²) in [6.07, 6.45) is 8.03. The molecule has 4 rings (SSSR count). The molecule has 1 heterocycles. The van der Waals surface area contributed by atoms with Crippen LogP contribution in [0.3, 0.4) is 0 Å². The fraction of sp³-hybridized carbons (Fsp3) is 0.364.